The summed E-state index contributed by atoms with van der Waals surface area (Å²) in [7, 11) is 0. The van der Waals surface area contributed by atoms with Crippen LogP contribution in [0.2, 0.25) is 0 Å². The minimum absolute atomic E-state index is 0.113. The van der Waals surface area contributed by atoms with Gasteiger partial charge in [-0.25, -0.2) is 4.98 Å². The summed E-state index contributed by atoms with van der Waals surface area (Å²) in [4.78, 5) is 38.7. The highest BCUT2D eigenvalue weighted by atomic mass is 16.6. The summed E-state index contributed by atoms with van der Waals surface area (Å²) < 4.78 is 0. The second kappa shape index (κ2) is 6.75. The Labute approximate surface area is 141 Å². The van der Waals surface area contributed by atoms with Crippen molar-refractivity contribution in [3.8, 4) is 0 Å². The summed E-state index contributed by atoms with van der Waals surface area (Å²) in [6.45, 7) is 0. The third-order valence-corrected chi connectivity index (χ3v) is 3.47. The first kappa shape index (κ1) is 16.1. The number of nitrogens with zero attached hydrogens (tertiary/aromatic N) is 2. The van der Waals surface area contributed by atoms with E-state index in [9.17, 15) is 19.7 Å². The lowest BCUT2D eigenvalue weighted by Gasteiger charge is -2.08. The predicted octanol–water partition coefficient (Wildman–Crippen LogP) is 2.22. The molecule has 2 amide bonds. The number of carbonyl (C=O) groups is 2. The molecule has 0 spiro atoms. The fraction of sp³-hybridized carbons (Fsp3) is 0. The number of benzene rings is 2. The third-order valence-electron chi connectivity index (χ3n) is 3.47. The van der Waals surface area contributed by atoms with Gasteiger partial charge in [0.25, 0.3) is 17.5 Å². The SMILES string of the molecule is O=C(NNC(=O)c1ccccc1[N+](=O)[O-])c1ccc2ccccc2n1. The maximum absolute atomic E-state index is 12.1. The van der Waals surface area contributed by atoms with Gasteiger partial charge in [-0.2, -0.15) is 0 Å². The maximum Gasteiger partial charge on any atom is 0.288 e. The van der Waals surface area contributed by atoms with Crippen LogP contribution in [-0.2, 0) is 0 Å². The maximum atomic E-state index is 12.1. The number of amides is 2. The molecule has 124 valence electrons. The molecule has 0 radical (unpaired) electrons. The van der Waals surface area contributed by atoms with Gasteiger partial charge in [-0.15, -0.1) is 0 Å². The zero-order chi connectivity index (χ0) is 17.8. The molecule has 0 unspecified atom stereocenters. The average Bonchev–Trinajstić information content (AvgIpc) is 2.65. The van der Waals surface area contributed by atoms with Gasteiger partial charge in [0.05, 0.1) is 10.4 Å². The van der Waals surface area contributed by atoms with E-state index in [0.717, 1.165) is 5.39 Å². The number of hydrazine groups is 1. The van der Waals surface area contributed by atoms with Gasteiger partial charge in [-0.1, -0.05) is 36.4 Å². The lowest BCUT2D eigenvalue weighted by Crippen LogP contribution is -2.42. The molecular weight excluding hydrogens is 324 g/mol. The first-order valence-electron chi connectivity index (χ1n) is 7.26. The molecule has 0 saturated carbocycles. The molecule has 0 aliphatic carbocycles. The number of carbonyl (C=O) groups excluding carboxylic acids is 2. The lowest BCUT2D eigenvalue weighted by molar-refractivity contribution is -0.385. The number of pyridine rings is 1. The monoisotopic (exact) mass is 336 g/mol. The van der Waals surface area contributed by atoms with E-state index in [1.807, 2.05) is 12.1 Å². The van der Waals surface area contributed by atoms with Gasteiger partial charge in [-0.05, 0) is 18.2 Å². The van der Waals surface area contributed by atoms with Crippen molar-refractivity contribution < 1.29 is 14.5 Å². The summed E-state index contributed by atoms with van der Waals surface area (Å²) in [5.41, 5.74) is 4.61. The fourth-order valence-corrected chi connectivity index (χ4v) is 2.26. The summed E-state index contributed by atoms with van der Waals surface area (Å²) in [5, 5.41) is 11.8. The number of aromatic nitrogens is 1. The zero-order valence-electron chi connectivity index (χ0n) is 12.8. The Morgan fingerprint density at radius 1 is 0.880 bits per heavy atom. The van der Waals surface area contributed by atoms with Crippen molar-refractivity contribution >= 4 is 28.4 Å². The van der Waals surface area contributed by atoms with Crippen LogP contribution in [0, 0.1) is 10.1 Å². The molecule has 8 heteroatoms. The van der Waals surface area contributed by atoms with Crippen LogP contribution < -0.4 is 10.9 Å². The average molecular weight is 336 g/mol. The van der Waals surface area contributed by atoms with Crippen molar-refractivity contribution in [3.05, 3.63) is 82.0 Å². The molecule has 0 bridgehead atoms. The highest BCUT2D eigenvalue weighted by molar-refractivity contribution is 6.01. The van der Waals surface area contributed by atoms with E-state index in [0.29, 0.717) is 5.52 Å². The quantitative estimate of drug-likeness (QED) is 0.562. The van der Waals surface area contributed by atoms with Crippen molar-refractivity contribution in [2.45, 2.75) is 0 Å². The van der Waals surface area contributed by atoms with Crippen molar-refractivity contribution in [1.82, 2.24) is 15.8 Å². The van der Waals surface area contributed by atoms with Crippen molar-refractivity contribution in [1.29, 1.82) is 0 Å². The van der Waals surface area contributed by atoms with Crippen LogP contribution >= 0.6 is 0 Å². The van der Waals surface area contributed by atoms with Gasteiger partial charge in [0.2, 0.25) is 0 Å². The fourth-order valence-electron chi connectivity index (χ4n) is 2.26. The Morgan fingerprint density at radius 2 is 1.56 bits per heavy atom. The largest absolute Gasteiger partial charge is 0.288 e. The molecule has 0 aliphatic heterocycles. The molecular formula is C17H12N4O4. The molecule has 0 fully saturated rings. The number of hydrogen-bond acceptors (Lipinski definition) is 5. The smallest absolute Gasteiger partial charge is 0.267 e. The number of rotatable bonds is 3. The molecule has 1 heterocycles. The predicted molar refractivity (Wildman–Crippen MR) is 89.8 cm³/mol. The molecule has 0 atom stereocenters. The number of fused-ring (bicyclic) bond motifs is 1. The standard InChI is InChI=1S/C17H12N4O4/c22-16(12-6-2-4-8-15(12)21(24)25)19-20-17(23)14-10-9-11-5-1-3-7-13(11)18-14/h1-10H,(H,19,22)(H,20,23). The second-order valence-electron chi connectivity index (χ2n) is 5.07. The summed E-state index contributed by atoms with van der Waals surface area (Å²) >= 11 is 0. The van der Waals surface area contributed by atoms with Crippen LogP contribution in [-0.4, -0.2) is 21.7 Å². The molecule has 2 N–H and O–H groups in total. The Balaban J connectivity index is 1.73. The van der Waals surface area contributed by atoms with Crippen LogP contribution in [0.15, 0.2) is 60.7 Å². The van der Waals surface area contributed by atoms with E-state index >= 15 is 0 Å². The highest BCUT2D eigenvalue weighted by Gasteiger charge is 2.19. The second-order valence-corrected chi connectivity index (χ2v) is 5.07. The van der Waals surface area contributed by atoms with Crippen LogP contribution in [0.4, 0.5) is 5.69 Å². The Hall–Kier alpha value is -3.81. The first-order chi connectivity index (χ1) is 12.1. The van der Waals surface area contributed by atoms with Crippen LogP contribution in [0.5, 0.6) is 0 Å². The number of hydrogen-bond donors (Lipinski definition) is 2. The van der Waals surface area contributed by atoms with Crippen LogP contribution in [0.3, 0.4) is 0 Å². The molecule has 0 aliphatic rings. The molecule has 2 aromatic carbocycles. The topological polar surface area (TPSA) is 114 Å². The van der Waals surface area contributed by atoms with E-state index in [-0.39, 0.29) is 16.9 Å². The van der Waals surface area contributed by atoms with E-state index in [1.54, 1.807) is 18.2 Å². The Morgan fingerprint density at radius 3 is 2.36 bits per heavy atom. The van der Waals surface area contributed by atoms with E-state index in [1.165, 1.54) is 30.3 Å². The number of nitro benzene ring substituents is 1. The highest BCUT2D eigenvalue weighted by Crippen LogP contribution is 2.17. The molecule has 1 aromatic heterocycles. The Kier molecular flexibility index (Phi) is 4.34. The molecule has 8 nitrogen and oxygen atoms in total. The van der Waals surface area contributed by atoms with Crippen molar-refractivity contribution in [2.75, 3.05) is 0 Å². The zero-order valence-corrected chi connectivity index (χ0v) is 12.8. The van der Waals surface area contributed by atoms with Gasteiger partial charge >= 0.3 is 0 Å². The molecule has 3 aromatic rings. The number of nitrogens with one attached hydrogen (secondary N) is 2. The van der Waals surface area contributed by atoms with Crippen molar-refractivity contribution in [3.63, 3.8) is 0 Å². The summed E-state index contributed by atoms with van der Waals surface area (Å²) in [6, 6.07) is 16.0. The first-order valence-corrected chi connectivity index (χ1v) is 7.26. The number of para-hydroxylation sites is 2. The van der Waals surface area contributed by atoms with E-state index < -0.39 is 16.7 Å². The van der Waals surface area contributed by atoms with Gasteiger partial charge in [0.15, 0.2) is 0 Å². The molecule has 25 heavy (non-hydrogen) atoms. The van der Waals surface area contributed by atoms with Gasteiger partial charge in [0, 0.05) is 11.5 Å². The van der Waals surface area contributed by atoms with Gasteiger partial charge < -0.3 is 0 Å². The minimum atomic E-state index is -0.790. The van der Waals surface area contributed by atoms with Crippen LogP contribution in [0.1, 0.15) is 20.8 Å². The number of nitro groups is 1. The third kappa shape index (κ3) is 3.42. The minimum Gasteiger partial charge on any atom is -0.267 e. The molecule has 3 rings (SSSR count). The molecule has 0 saturated heterocycles. The summed E-state index contributed by atoms with van der Waals surface area (Å²) in [6.07, 6.45) is 0. The Bertz CT molecular complexity index is 987. The van der Waals surface area contributed by atoms with Crippen LogP contribution in [0.25, 0.3) is 10.9 Å². The van der Waals surface area contributed by atoms with Gasteiger partial charge in [0.1, 0.15) is 11.3 Å². The lowest BCUT2D eigenvalue weighted by atomic mass is 10.2. The van der Waals surface area contributed by atoms with Crippen molar-refractivity contribution in [2.24, 2.45) is 0 Å². The normalized spacial score (nSPS) is 10.2. The summed E-state index contributed by atoms with van der Waals surface area (Å²) in [5.74, 6) is -1.42. The van der Waals surface area contributed by atoms with Gasteiger partial charge in [-0.3, -0.25) is 30.6 Å². The van der Waals surface area contributed by atoms with E-state index in [2.05, 4.69) is 15.8 Å². The van der Waals surface area contributed by atoms with E-state index in [4.69, 9.17) is 0 Å².